The molecule has 1 aromatic carbocycles. The number of nitrogens with two attached hydrogens (primary N) is 1. The summed E-state index contributed by atoms with van der Waals surface area (Å²) >= 11 is 0. The summed E-state index contributed by atoms with van der Waals surface area (Å²) in [5.74, 6) is 1.48. The first-order valence-electron chi connectivity index (χ1n) is 9.01. The molecule has 132 valence electrons. The molecule has 2 bridgehead atoms. The molecule has 0 radical (unpaired) electrons. The molecule has 24 heavy (non-hydrogen) atoms. The maximum Gasteiger partial charge on any atom is 0.254 e. The second-order valence-electron chi connectivity index (χ2n) is 7.22. The van der Waals surface area contributed by atoms with E-state index >= 15 is 0 Å². The van der Waals surface area contributed by atoms with Gasteiger partial charge < -0.3 is 20.3 Å². The van der Waals surface area contributed by atoms with Crippen LogP contribution in [0.1, 0.15) is 35.2 Å². The molecule has 0 aliphatic carbocycles. The van der Waals surface area contributed by atoms with Gasteiger partial charge in [-0.2, -0.15) is 0 Å². The standard InChI is InChI=1S/C19H29N3O2/c1-14-6-7-16(10-18(14)24-9-8-20)19(23)22-12-15-4-3-5-17(13-22)21(2)11-15/h6-7,10,15,17H,3-5,8-9,11-13,20H2,1-2H3/t15-,17-/m0/s1. The molecule has 3 rings (SSSR count). The summed E-state index contributed by atoms with van der Waals surface area (Å²) in [4.78, 5) is 17.5. The maximum atomic E-state index is 13.1. The lowest BCUT2D eigenvalue weighted by Gasteiger charge is -2.30. The smallest absolute Gasteiger partial charge is 0.254 e. The third kappa shape index (κ3) is 3.73. The van der Waals surface area contributed by atoms with Crippen LogP contribution in [-0.4, -0.2) is 61.6 Å². The van der Waals surface area contributed by atoms with Crippen LogP contribution in [0, 0.1) is 12.8 Å². The molecule has 2 fully saturated rings. The zero-order valence-corrected chi connectivity index (χ0v) is 14.8. The van der Waals surface area contributed by atoms with Gasteiger partial charge in [0.05, 0.1) is 0 Å². The van der Waals surface area contributed by atoms with Crippen molar-refractivity contribution >= 4 is 5.91 Å². The van der Waals surface area contributed by atoms with Gasteiger partial charge in [-0.3, -0.25) is 4.79 Å². The van der Waals surface area contributed by atoms with Crippen molar-refractivity contribution in [1.82, 2.24) is 9.80 Å². The normalized spacial score (nSPS) is 24.5. The summed E-state index contributed by atoms with van der Waals surface area (Å²) in [7, 11) is 2.20. The van der Waals surface area contributed by atoms with E-state index in [9.17, 15) is 4.79 Å². The van der Waals surface area contributed by atoms with Crippen molar-refractivity contribution in [2.75, 3.05) is 39.8 Å². The summed E-state index contributed by atoms with van der Waals surface area (Å²) in [5.41, 5.74) is 7.27. The molecule has 2 heterocycles. The summed E-state index contributed by atoms with van der Waals surface area (Å²) in [6.07, 6.45) is 3.70. The Morgan fingerprint density at radius 3 is 2.92 bits per heavy atom. The predicted octanol–water partition coefficient (Wildman–Crippen LogP) is 1.89. The number of carbonyl (C=O) groups is 1. The van der Waals surface area contributed by atoms with E-state index in [1.807, 2.05) is 25.1 Å². The lowest BCUT2D eigenvalue weighted by Crippen LogP contribution is -2.42. The monoisotopic (exact) mass is 331 g/mol. The van der Waals surface area contributed by atoms with E-state index in [0.717, 1.165) is 36.5 Å². The van der Waals surface area contributed by atoms with Crippen LogP contribution in [0.3, 0.4) is 0 Å². The Bertz CT molecular complexity index is 590. The Morgan fingerprint density at radius 1 is 1.29 bits per heavy atom. The van der Waals surface area contributed by atoms with E-state index in [2.05, 4.69) is 16.8 Å². The minimum atomic E-state index is 0.125. The molecule has 0 saturated carbocycles. The highest BCUT2D eigenvalue weighted by Crippen LogP contribution is 2.27. The highest BCUT2D eigenvalue weighted by molar-refractivity contribution is 5.94. The Kier molecular flexibility index (Phi) is 5.41. The number of benzene rings is 1. The number of likely N-dealkylation sites (tertiary alicyclic amines) is 1. The van der Waals surface area contributed by atoms with Gasteiger partial charge >= 0.3 is 0 Å². The van der Waals surface area contributed by atoms with E-state index in [4.69, 9.17) is 10.5 Å². The molecule has 5 heteroatoms. The van der Waals surface area contributed by atoms with Crippen LogP contribution in [0.4, 0.5) is 0 Å². The Hall–Kier alpha value is -1.59. The first-order valence-corrected chi connectivity index (χ1v) is 9.01. The van der Waals surface area contributed by atoms with Crippen molar-refractivity contribution in [2.24, 2.45) is 11.7 Å². The number of hydrogen-bond acceptors (Lipinski definition) is 4. The van der Waals surface area contributed by atoms with Crippen molar-refractivity contribution in [1.29, 1.82) is 0 Å². The van der Waals surface area contributed by atoms with Gasteiger partial charge in [0.1, 0.15) is 12.4 Å². The van der Waals surface area contributed by atoms with Crippen LogP contribution in [0.5, 0.6) is 5.75 Å². The van der Waals surface area contributed by atoms with Gasteiger partial charge in [0.15, 0.2) is 0 Å². The fourth-order valence-electron chi connectivity index (χ4n) is 3.94. The topological polar surface area (TPSA) is 58.8 Å². The molecule has 2 aliphatic heterocycles. The zero-order chi connectivity index (χ0) is 17.1. The lowest BCUT2D eigenvalue weighted by atomic mass is 9.99. The molecular formula is C19H29N3O2. The molecule has 2 saturated heterocycles. The van der Waals surface area contributed by atoms with Crippen LogP contribution in [0.25, 0.3) is 0 Å². The van der Waals surface area contributed by atoms with E-state index in [1.54, 1.807) is 0 Å². The second kappa shape index (κ2) is 7.53. The van der Waals surface area contributed by atoms with E-state index in [-0.39, 0.29) is 5.91 Å². The molecule has 1 aromatic rings. The quantitative estimate of drug-likeness (QED) is 0.915. The molecule has 2 atom stereocenters. The van der Waals surface area contributed by atoms with Crippen LogP contribution in [-0.2, 0) is 0 Å². The fourth-order valence-corrected chi connectivity index (χ4v) is 3.94. The number of likely N-dealkylation sites (N-methyl/N-ethyl adjacent to an activating group) is 1. The van der Waals surface area contributed by atoms with Crippen molar-refractivity contribution in [3.8, 4) is 5.75 Å². The van der Waals surface area contributed by atoms with Crippen LogP contribution >= 0.6 is 0 Å². The molecule has 1 amide bonds. The summed E-state index contributed by atoms with van der Waals surface area (Å²) < 4.78 is 5.68. The highest BCUT2D eigenvalue weighted by atomic mass is 16.5. The minimum Gasteiger partial charge on any atom is -0.492 e. The van der Waals surface area contributed by atoms with Gasteiger partial charge in [-0.25, -0.2) is 0 Å². The SMILES string of the molecule is Cc1ccc(C(=O)N2C[C@H]3CCC[C@@H](C2)N(C)C3)cc1OCCN. The molecule has 2 aliphatic rings. The average molecular weight is 331 g/mol. The maximum absolute atomic E-state index is 13.1. The van der Waals surface area contributed by atoms with E-state index in [1.165, 1.54) is 19.3 Å². The van der Waals surface area contributed by atoms with Crippen molar-refractivity contribution in [2.45, 2.75) is 32.2 Å². The van der Waals surface area contributed by atoms with Gasteiger partial charge in [-0.05, 0) is 50.4 Å². The van der Waals surface area contributed by atoms with E-state index < -0.39 is 0 Å². The Labute approximate surface area is 144 Å². The summed E-state index contributed by atoms with van der Waals surface area (Å²) in [6, 6.07) is 6.23. The summed E-state index contributed by atoms with van der Waals surface area (Å²) in [6.45, 7) is 5.74. The third-order valence-corrected chi connectivity index (χ3v) is 5.33. The number of hydrogen-bond donors (Lipinski definition) is 1. The van der Waals surface area contributed by atoms with Crippen LogP contribution in [0.15, 0.2) is 18.2 Å². The number of amides is 1. The van der Waals surface area contributed by atoms with Gasteiger partial charge in [0, 0.05) is 37.8 Å². The first kappa shape index (κ1) is 17.2. The number of carbonyl (C=O) groups excluding carboxylic acids is 1. The molecule has 0 unspecified atom stereocenters. The van der Waals surface area contributed by atoms with Crippen molar-refractivity contribution in [3.05, 3.63) is 29.3 Å². The molecule has 0 spiro atoms. The number of rotatable bonds is 4. The van der Waals surface area contributed by atoms with Gasteiger partial charge in [0.25, 0.3) is 5.91 Å². The summed E-state index contributed by atoms with van der Waals surface area (Å²) in [5, 5.41) is 0. The predicted molar refractivity (Wildman–Crippen MR) is 95.4 cm³/mol. The number of fused-ring (bicyclic) bond motifs is 3. The number of aryl methyl sites for hydroxylation is 1. The Morgan fingerprint density at radius 2 is 2.12 bits per heavy atom. The minimum absolute atomic E-state index is 0.125. The molecule has 5 nitrogen and oxygen atoms in total. The largest absolute Gasteiger partial charge is 0.492 e. The lowest BCUT2D eigenvalue weighted by molar-refractivity contribution is 0.0710. The molecule has 0 aromatic heterocycles. The van der Waals surface area contributed by atoms with Gasteiger partial charge in [-0.15, -0.1) is 0 Å². The average Bonchev–Trinajstić information content (AvgIpc) is 2.82. The van der Waals surface area contributed by atoms with Crippen LogP contribution in [0.2, 0.25) is 0 Å². The molecule has 2 N–H and O–H groups in total. The fraction of sp³-hybridized carbons (Fsp3) is 0.632. The third-order valence-electron chi connectivity index (χ3n) is 5.33. The molecular weight excluding hydrogens is 302 g/mol. The highest BCUT2D eigenvalue weighted by Gasteiger charge is 2.33. The van der Waals surface area contributed by atoms with E-state index in [0.29, 0.717) is 25.1 Å². The van der Waals surface area contributed by atoms with Gasteiger partial charge in [-0.1, -0.05) is 12.5 Å². The number of ether oxygens (including phenoxy) is 1. The van der Waals surface area contributed by atoms with Crippen LogP contribution < -0.4 is 10.5 Å². The van der Waals surface area contributed by atoms with Gasteiger partial charge in [0.2, 0.25) is 0 Å². The van der Waals surface area contributed by atoms with Crippen molar-refractivity contribution in [3.63, 3.8) is 0 Å². The first-order chi connectivity index (χ1) is 11.6. The van der Waals surface area contributed by atoms with Crippen molar-refractivity contribution < 1.29 is 9.53 Å². The Balaban J connectivity index is 1.78. The number of nitrogens with zero attached hydrogens (tertiary/aromatic N) is 2. The zero-order valence-electron chi connectivity index (χ0n) is 14.8. The second-order valence-corrected chi connectivity index (χ2v) is 7.22.